The van der Waals surface area contributed by atoms with Gasteiger partial charge in [0.2, 0.25) is 5.91 Å². The van der Waals surface area contributed by atoms with Crippen LogP contribution in [0, 0.1) is 0 Å². The second-order valence-corrected chi connectivity index (χ2v) is 5.50. The molecule has 3 rings (SSSR count). The topological polar surface area (TPSA) is 46.3 Å². The van der Waals surface area contributed by atoms with Crippen LogP contribution in [0.4, 0.5) is 0 Å². The van der Waals surface area contributed by atoms with Crippen LogP contribution in [-0.4, -0.2) is 28.9 Å². The molecular weight excluding hydrogens is 276 g/mol. The van der Waals surface area contributed by atoms with Crippen LogP contribution < -0.4 is 0 Å². The molecule has 1 aliphatic heterocycles. The Hall–Kier alpha value is -2.36. The summed E-state index contributed by atoms with van der Waals surface area (Å²) in [6.45, 7) is 3.44. The molecule has 1 saturated heterocycles. The van der Waals surface area contributed by atoms with Crippen LogP contribution >= 0.6 is 0 Å². The number of likely N-dealkylation sites (tertiary alicyclic amines) is 1. The molecule has 0 atom stereocenters. The lowest BCUT2D eigenvalue weighted by Gasteiger charge is -2.29. The van der Waals surface area contributed by atoms with Gasteiger partial charge in [-0.1, -0.05) is 30.4 Å². The van der Waals surface area contributed by atoms with Crippen LogP contribution in [0.5, 0.6) is 0 Å². The Bertz CT molecular complexity index is 674. The van der Waals surface area contributed by atoms with Gasteiger partial charge in [0, 0.05) is 25.1 Å². The first-order valence-corrected chi connectivity index (χ1v) is 7.71. The van der Waals surface area contributed by atoms with Crippen LogP contribution in [-0.2, 0) is 4.79 Å². The van der Waals surface area contributed by atoms with E-state index in [1.807, 2.05) is 48.2 Å². The number of rotatable bonds is 3. The van der Waals surface area contributed by atoms with E-state index in [2.05, 4.69) is 4.98 Å². The fourth-order valence-corrected chi connectivity index (χ4v) is 2.77. The zero-order valence-electron chi connectivity index (χ0n) is 12.7. The van der Waals surface area contributed by atoms with E-state index in [9.17, 15) is 4.79 Å². The third-order valence-electron chi connectivity index (χ3n) is 4.01. The minimum atomic E-state index is 0.0779. The maximum atomic E-state index is 12.0. The number of fused-ring (bicyclic) bond motifs is 1. The van der Waals surface area contributed by atoms with E-state index in [0.29, 0.717) is 5.92 Å². The van der Waals surface area contributed by atoms with Gasteiger partial charge in [-0.15, -0.1) is 0 Å². The van der Waals surface area contributed by atoms with Crippen molar-refractivity contribution in [3.63, 3.8) is 0 Å². The lowest BCUT2D eigenvalue weighted by atomic mass is 9.97. The maximum Gasteiger partial charge on any atom is 0.246 e. The predicted octanol–water partition coefficient (Wildman–Crippen LogP) is 3.67. The lowest BCUT2D eigenvalue weighted by molar-refractivity contribution is -0.127. The third kappa shape index (κ3) is 3.11. The number of amides is 1. The molecule has 1 aromatic carbocycles. The van der Waals surface area contributed by atoms with Gasteiger partial charge in [0.15, 0.2) is 11.5 Å². The molecule has 1 aliphatic rings. The van der Waals surface area contributed by atoms with Crippen molar-refractivity contribution in [1.29, 1.82) is 0 Å². The van der Waals surface area contributed by atoms with Crippen molar-refractivity contribution in [2.45, 2.75) is 25.7 Å². The van der Waals surface area contributed by atoms with Crippen molar-refractivity contribution in [1.82, 2.24) is 9.88 Å². The molecule has 0 saturated carbocycles. The zero-order valence-corrected chi connectivity index (χ0v) is 12.7. The predicted molar refractivity (Wildman–Crippen MR) is 86.5 cm³/mol. The summed E-state index contributed by atoms with van der Waals surface area (Å²) in [4.78, 5) is 18.5. The number of aromatic nitrogens is 1. The lowest BCUT2D eigenvalue weighted by Crippen LogP contribution is -2.36. The number of carbonyl (C=O) groups excluding carboxylic acids is 1. The molecule has 0 spiro atoms. The Morgan fingerprint density at radius 2 is 2.05 bits per heavy atom. The highest BCUT2D eigenvalue weighted by Gasteiger charge is 2.26. The first kappa shape index (κ1) is 14.6. The molecule has 0 aliphatic carbocycles. The molecule has 1 amide bonds. The molecule has 2 heterocycles. The fraction of sp³-hybridized carbons (Fsp3) is 0.333. The van der Waals surface area contributed by atoms with Crippen molar-refractivity contribution in [3.8, 4) is 0 Å². The summed E-state index contributed by atoms with van der Waals surface area (Å²) in [6.07, 6.45) is 8.98. The van der Waals surface area contributed by atoms with Crippen LogP contribution in [0.25, 0.3) is 11.1 Å². The Balaban J connectivity index is 1.62. The van der Waals surface area contributed by atoms with Gasteiger partial charge in [0.1, 0.15) is 5.52 Å². The van der Waals surface area contributed by atoms with Crippen LogP contribution in [0.2, 0.25) is 0 Å². The van der Waals surface area contributed by atoms with Crippen LogP contribution in [0.1, 0.15) is 31.6 Å². The Labute approximate surface area is 130 Å². The summed E-state index contributed by atoms with van der Waals surface area (Å²) >= 11 is 0. The maximum absolute atomic E-state index is 12.0. The minimum Gasteiger partial charge on any atom is -0.440 e. The van der Waals surface area contributed by atoms with E-state index in [-0.39, 0.29) is 5.91 Å². The monoisotopic (exact) mass is 296 g/mol. The smallest absolute Gasteiger partial charge is 0.246 e. The van der Waals surface area contributed by atoms with E-state index >= 15 is 0 Å². The first-order chi connectivity index (χ1) is 10.8. The second-order valence-electron chi connectivity index (χ2n) is 5.50. The average Bonchev–Trinajstić information content (AvgIpc) is 2.99. The van der Waals surface area contributed by atoms with Gasteiger partial charge in [-0.25, -0.2) is 4.98 Å². The number of nitrogens with zero attached hydrogens (tertiary/aromatic N) is 2. The van der Waals surface area contributed by atoms with Gasteiger partial charge >= 0.3 is 0 Å². The summed E-state index contributed by atoms with van der Waals surface area (Å²) < 4.78 is 5.84. The van der Waals surface area contributed by atoms with E-state index in [1.54, 1.807) is 12.2 Å². The molecule has 4 heteroatoms. The molecule has 2 aromatic rings. The van der Waals surface area contributed by atoms with E-state index in [4.69, 9.17) is 4.42 Å². The largest absolute Gasteiger partial charge is 0.440 e. The van der Waals surface area contributed by atoms with Gasteiger partial charge < -0.3 is 9.32 Å². The van der Waals surface area contributed by atoms with Crippen molar-refractivity contribution < 1.29 is 9.21 Å². The molecule has 0 bridgehead atoms. The zero-order chi connectivity index (χ0) is 15.4. The SMILES string of the molecule is CC=CC=CC(=O)N1CCC(c2nc3ccccc3o2)CC1. The third-order valence-corrected chi connectivity index (χ3v) is 4.01. The molecule has 1 aromatic heterocycles. The Kier molecular flexibility index (Phi) is 4.37. The Morgan fingerprint density at radius 1 is 1.27 bits per heavy atom. The number of hydrogen-bond acceptors (Lipinski definition) is 3. The summed E-state index contributed by atoms with van der Waals surface area (Å²) in [6, 6.07) is 7.83. The number of hydrogen-bond donors (Lipinski definition) is 0. The number of carbonyl (C=O) groups is 1. The van der Waals surface area contributed by atoms with Crippen molar-refractivity contribution in [3.05, 3.63) is 54.5 Å². The molecule has 22 heavy (non-hydrogen) atoms. The number of allylic oxidation sites excluding steroid dienone is 3. The van der Waals surface area contributed by atoms with Gasteiger partial charge in [0.05, 0.1) is 0 Å². The first-order valence-electron chi connectivity index (χ1n) is 7.71. The summed E-state index contributed by atoms with van der Waals surface area (Å²) in [5, 5.41) is 0. The molecule has 0 unspecified atom stereocenters. The van der Waals surface area contributed by atoms with Crippen molar-refractivity contribution in [2.75, 3.05) is 13.1 Å². The number of piperidine rings is 1. The van der Waals surface area contributed by atoms with Crippen molar-refractivity contribution >= 4 is 17.0 Å². The normalized spacial score (nSPS) is 17.0. The quantitative estimate of drug-likeness (QED) is 0.641. The molecule has 1 fully saturated rings. The molecule has 114 valence electrons. The van der Waals surface area contributed by atoms with Crippen molar-refractivity contribution in [2.24, 2.45) is 0 Å². The highest BCUT2D eigenvalue weighted by atomic mass is 16.3. The molecule has 4 nitrogen and oxygen atoms in total. The summed E-state index contributed by atoms with van der Waals surface area (Å²) in [5.41, 5.74) is 1.75. The average molecular weight is 296 g/mol. The number of benzene rings is 1. The van der Waals surface area contributed by atoms with Gasteiger partial charge in [0.25, 0.3) is 0 Å². The van der Waals surface area contributed by atoms with Gasteiger partial charge in [-0.2, -0.15) is 0 Å². The minimum absolute atomic E-state index is 0.0779. The standard InChI is InChI=1S/C18H20N2O2/c1-2-3-4-9-17(21)20-12-10-14(11-13-20)18-19-15-7-5-6-8-16(15)22-18/h2-9,14H,10-13H2,1H3. The molecular formula is C18H20N2O2. The van der Waals surface area contributed by atoms with E-state index < -0.39 is 0 Å². The Morgan fingerprint density at radius 3 is 2.77 bits per heavy atom. The second kappa shape index (κ2) is 6.60. The molecule has 0 N–H and O–H groups in total. The number of oxazole rings is 1. The van der Waals surface area contributed by atoms with E-state index in [1.165, 1.54) is 0 Å². The summed E-state index contributed by atoms with van der Waals surface area (Å²) in [7, 11) is 0. The highest BCUT2D eigenvalue weighted by Crippen LogP contribution is 2.29. The molecule has 0 radical (unpaired) electrons. The van der Waals surface area contributed by atoms with Gasteiger partial charge in [-0.05, 0) is 31.9 Å². The summed E-state index contributed by atoms with van der Waals surface area (Å²) in [5.74, 6) is 1.18. The van der Waals surface area contributed by atoms with E-state index in [0.717, 1.165) is 42.9 Å². The fourth-order valence-electron chi connectivity index (χ4n) is 2.77. The highest BCUT2D eigenvalue weighted by molar-refractivity contribution is 5.87. The van der Waals surface area contributed by atoms with Crippen LogP contribution in [0.15, 0.2) is 53.0 Å². The van der Waals surface area contributed by atoms with Crippen LogP contribution in [0.3, 0.4) is 0 Å². The number of para-hydroxylation sites is 2. The van der Waals surface area contributed by atoms with Gasteiger partial charge in [-0.3, -0.25) is 4.79 Å².